The molecular weight excluding hydrogens is 410 g/mol. The Labute approximate surface area is 198 Å². The van der Waals surface area contributed by atoms with E-state index in [2.05, 4.69) is 36.5 Å². The normalized spacial score (nSPS) is 20.3. The van der Waals surface area contributed by atoms with Crippen molar-refractivity contribution in [3.63, 3.8) is 0 Å². The van der Waals surface area contributed by atoms with E-state index < -0.39 is 5.41 Å². The molecule has 2 heterocycles. The number of hydrogen-bond acceptors (Lipinski definition) is 5. The fourth-order valence-corrected chi connectivity index (χ4v) is 5.38. The lowest BCUT2D eigenvalue weighted by atomic mass is 9.68. The van der Waals surface area contributed by atoms with Crippen molar-refractivity contribution in [2.24, 2.45) is 0 Å². The van der Waals surface area contributed by atoms with Gasteiger partial charge in [-0.2, -0.15) is 0 Å². The molecule has 0 spiro atoms. The van der Waals surface area contributed by atoms with Crippen LogP contribution < -0.4 is 10.2 Å². The minimum atomic E-state index is -0.425. The van der Waals surface area contributed by atoms with Gasteiger partial charge in [0.25, 0.3) is 0 Å². The number of nitrogens with one attached hydrogen (secondary N) is 1. The molecule has 1 saturated heterocycles. The maximum Gasteiger partial charge on any atom is 0.233 e. The second-order valence-electron chi connectivity index (χ2n) is 10.1. The number of hydrogen-bond donors (Lipinski definition) is 1. The van der Waals surface area contributed by atoms with E-state index in [1.807, 2.05) is 37.0 Å². The molecule has 1 saturated carbocycles. The highest BCUT2D eigenvalue weighted by atomic mass is 16.2. The van der Waals surface area contributed by atoms with Crippen molar-refractivity contribution in [1.82, 2.24) is 20.2 Å². The Balaban J connectivity index is 1.60. The molecular formula is C27H39N5O. The molecule has 1 aromatic carbocycles. The summed E-state index contributed by atoms with van der Waals surface area (Å²) in [5.74, 6) is 1.96. The van der Waals surface area contributed by atoms with E-state index in [1.54, 1.807) is 0 Å². The summed E-state index contributed by atoms with van der Waals surface area (Å²) in [6.45, 7) is 3.60. The van der Waals surface area contributed by atoms with Gasteiger partial charge in [-0.1, -0.05) is 55.5 Å². The summed E-state index contributed by atoms with van der Waals surface area (Å²) in [5.41, 5.74) is 2.87. The number of rotatable bonds is 6. The smallest absolute Gasteiger partial charge is 0.233 e. The van der Waals surface area contributed by atoms with Gasteiger partial charge in [-0.05, 0) is 44.7 Å². The summed E-state index contributed by atoms with van der Waals surface area (Å²) >= 11 is 0. The molecule has 6 nitrogen and oxygen atoms in total. The molecule has 6 heteroatoms. The Hall–Kier alpha value is -2.47. The number of amides is 1. The number of likely N-dealkylation sites (N-methyl/N-ethyl adjacent to an activating group) is 1. The van der Waals surface area contributed by atoms with Gasteiger partial charge in [0.2, 0.25) is 5.91 Å². The summed E-state index contributed by atoms with van der Waals surface area (Å²) in [7, 11) is 5.95. The van der Waals surface area contributed by atoms with Crippen molar-refractivity contribution < 1.29 is 4.79 Å². The maximum absolute atomic E-state index is 14.0. The minimum Gasteiger partial charge on any atom is -0.363 e. The molecule has 178 valence electrons. The van der Waals surface area contributed by atoms with Gasteiger partial charge in [-0.15, -0.1) is 0 Å². The van der Waals surface area contributed by atoms with Crippen molar-refractivity contribution in [3.8, 4) is 0 Å². The number of nitrogens with zero attached hydrogens (tertiary/aromatic N) is 4. The molecule has 0 unspecified atom stereocenters. The first-order valence-corrected chi connectivity index (χ1v) is 12.5. The maximum atomic E-state index is 14.0. The Kier molecular flexibility index (Phi) is 7.32. The topological polar surface area (TPSA) is 61.4 Å². The summed E-state index contributed by atoms with van der Waals surface area (Å²) in [4.78, 5) is 27.6. The monoisotopic (exact) mass is 449 g/mol. The van der Waals surface area contributed by atoms with E-state index >= 15 is 0 Å². The zero-order chi connectivity index (χ0) is 23.4. The van der Waals surface area contributed by atoms with Crippen molar-refractivity contribution >= 4 is 11.7 Å². The van der Waals surface area contributed by atoms with Crippen LogP contribution in [0.1, 0.15) is 80.1 Å². The highest BCUT2D eigenvalue weighted by Crippen LogP contribution is 2.41. The summed E-state index contributed by atoms with van der Waals surface area (Å²) in [6, 6.07) is 10.8. The molecule has 1 aliphatic heterocycles. The van der Waals surface area contributed by atoms with Crippen LogP contribution in [-0.4, -0.2) is 48.5 Å². The number of aryl methyl sites for hydroxylation is 1. The van der Waals surface area contributed by atoms with Crippen molar-refractivity contribution in [3.05, 3.63) is 53.0 Å². The fourth-order valence-electron chi connectivity index (χ4n) is 5.38. The Morgan fingerprint density at radius 1 is 1.03 bits per heavy atom. The van der Waals surface area contributed by atoms with E-state index in [4.69, 9.17) is 9.97 Å². The highest BCUT2D eigenvalue weighted by Gasteiger charge is 2.42. The van der Waals surface area contributed by atoms with Gasteiger partial charge < -0.3 is 15.1 Å². The highest BCUT2D eigenvalue weighted by molar-refractivity contribution is 5.88. The Morgan fingerprint density at radius 3 is 2.39 bits per heavy atom. The summed E-state index contributed by atoms with van der Waals surface area (Å²) in [6.07, 6.45) is 8.70. The van der Waals surface area contributed by atoms with Crippen molar-refractivity contribution in [2.75, 3.05) is 32.6 Å². The predicted molar refractivity (Wildman–Crippen MR) is 133 cm³/mol. The number of carbonyl (C=O) groups excluding carboxylic acids is 1. The molecule has 2 aromatic rings. The molecule has 2 aliphatic rings. The quantitative estimate of drug-likeness (QED) is 0.702. The van der Waals surface area contributed by atoms with Crippen LogP contribution in [0.5, 0.6) is 0 Å². The van der Waals surface area contributed by atoms with Crippen LogP contribution in [0, 0.1) is 6.92 Å². The average molecular weight is 450 g/mol. The molecule has 33 heavy (non-hydrogen) atoms. The number of piperidine rings is 1. The van der Waals surface area contributed by atoms with E-state index in [9.17, 15) is 4.79 Å². The molecule has 2 fully saturated rings. The van der Waals surface area contributed by atoms with E-state index in [1.165, 1.54) is 24.8 Å². The Bertz CT molecular complexity index is 943. The van der Waals surface area contributed by atoms with E-state index in [0.29, 0.717) is 6.54 Å². The lowest BCUT2D eigenvalue weighted by Gasteiger charge is -2.39. The second-order valence-corrected chi connectivity index (χ2v) is 10.1. The van der Waals surface area contributed by atoms with E-state index in [-0.39, 0.29) is 11.9 Å². The zero-order valence-electron chi connectivity index (χ0n) is 20.7. The average Bonchev–Trinajstić information content (AvgIpc) is 2.84. The van der Waals surface area contributed by atoms with Gasteiger partial charge in [0.1, 0.15) is 11.6 Å². The third kappa shape index (κ3) is 5.21. The summed E-state index contributed by atoms with van der Waals surface area (Å²) < 4.78 is 0. The molecule has 0 radical (unpaired) electrons. The number of aromatic nitrogens is 2. The van der Waals surface area contributed by atoms with Gasteiger partial charge in [0.05, 0.1) is 23.7 Å². The molecule has 4 rings (SSSR count). The van der Waals surface area contributed by atoms with Gasteiger partial charge >= 0.3 is 0 Å². The molecule has 1 aromatic heterocycles. The van der Waals surface area contributed by atoms with Gasteiger partial charge in [-0.25, -0.2) is 9.97 Å². The molecule has 1 atom stereocenters. The summed E-state index contributed by atoms with van der Waals surface area (Å²) in [5, 5.41) is 3.56. The Morgan fingerprint density at radius 2 is 1.76 bits per heavy atom. The van der Waals surface area contributed by atoms with Crippen LogP contribution in [0.3, 0.4) is 0 Å². The standard InChI is InChI=1S/C27H39N5O/c1-20-11-13-21(14-12-20)27(15-7-5-8-16-27)26(33)32(4)19-22-18-24(31(2)3)30-25(29-22)23-10-6-9-17-28-23/h11-14,18,23,28H,5-10,15-17,19H2,1-4H3/t23-/m1/s1. The van der Waals surface area contributed by atoms with Crippen LogP contribution in [0.2, 0.25) is 0 Å². The van der Waals surface area contributed by atoms with Crippen LogP contribution >= 0.6 is 0 Å². The molecule has 1 amide bonds. The van der Waals surface area contributed by atoms with Crippen LogP contribution in [0.4, 0.5) is 5.82 Å². The molecule has 1 N–H and O–H groups in total. The first kappa shape index (κ1) is 23.7. The van der Waals surface area contributed by atoms with Crippen LogP contribution in [0.25, 0.3) is 0 Å². The minimum absolute atomic E-state index is 0.190. The van der Waals surface area contributed by atoms with Crippen molar-refractivity contribution in [1.29, 1.82) is 0 Å². The number of anilines is 1. The third-order valence-corrected chi connectivity index (χ3v) is 7.33. The lowest BCUT2D eigenvalue weighted by molar-refractivity contribution is -0.138. The molecule has 1 aliphatic carbocycles. The lowest BCUT2D eigenvalue weighted by Crippen LogP contribution is -2.46. The number of carbonyl (C=O) groups is 1. The van der Waals surface area contributed by atoms with Gasteiger partial charge in [0, 0.05) is 27.2 Å². The van der Waals surface area contributed by atoms with Crippen molar-refractivity contribution in [2.45, 2.75) is 76.3 Å². The predicted octanol–water partition coefficient (Wildman–Crippen LogP) is 4.53. The van der Waals surface area contributed by atoms with Gasteiger partial charge in [0.15, 0.2) is 0 Å². The first-order chi connectivity index (χ1) is 15.9. The largest absolute Gasteiger partial charge is 0.363 e. The van der Waals surface area contributed by atoms with Crippen LogP contribution in [0.15, 0.2) is 30.3 Å². The zero-order valence-corrected chi connectivity index (χ0v) is 20.7. The number of benzene rings is 1. The first-order valence-electron chi connectivity index (χ1n) is 12.5. The van der Waals surface area contributed by atoms with Gasteiger partial charge in [-0.3, -0.25) is 4.79 Å². The fraction of sp³-hybridized carbons (Fsp3) is 0.593. The van der Waals surface area contributed by atoms with E-state index in [0.717, 1.165) is 61.5 Å². The molecule has 0 bridgehead atoms. The second kappa shape index (κ2) is 10.2. The SMILES string of the molecule is Cc1ccc(C2(C(=O)N(C)Cc3cc(N(C)C)nc([C@H]4CCCCN4)n3)CCCCC2)cc1. The van der Waals surface area contributed by atoms with Crippen LogP contribution in [-0.2, 0) is 16.8 Å². The third-order valence-electron chi connectivity index (χ3n) is 7.33.